The first kappa shape index (κ1) is 42.2. The number of benzene rings is 4. The van der Waals surface area contributed by atoms with Crippen LogP contribution in [0.1, 0.15) is 91.9 Å². The van der Waals surface area contributed by atoms with Crippen molar-refractivity contribution in [2.24, 2.45) is 5.92 Å². The van der Waals surface area contributed by atoms with E-state index in [1.165, 1.54) is 0 Å². The molecule has 11 heteroatoms. The average molecular weight is 870 g/mol. The van der Waals surface area contributed by atoms with Crippen LogP contribution in [0.25, 0.3) is 34.4 Å². The molecule has 6 heterocycles. The highest BCUT2D eigenvalue weighted by Gasteiger charge is 2.39. The van der Waals surface area contributed by atoms with Crippen LogP contribution in [0.15, 0.2) is 109 Å². The van der Waals surface area contributed by atoms with E-state index in [-0.39, 0.29) is 24.1 Å². The van der Waals surface area contributed by atoms with Gasteiger partial charge in [0.05, 0.1) is 24.3 Å². The molecular weight excluding hydrogens is 823 g/mol. The Bertz CT molecular complexity index is 3040. The van der Waals surface area contributed by atoms with E-state index >= 15 is 0 Å². The van der Waals surface area contributed by atoms with Gasteiger partial charge in [-0.25, -0.2) is 9.97 Å². The van der Waals surface area contributed by atoms with Gasteiger partial charge < -0.3 is 9.80 Å². The number of imide groups is 1. The van der Waals surface area contributed by atoms with Crippen molar-refractivity contribution in [2.75, 3.05) is 26.2 Å². The van der Waals surface area contributed by atoms with Crippen LogP contribution in [0.5, 0.6) is 0 Å². The fraction of sp³-hybridized carbons (Fsp3) is 0.255. The van der Waals surface area contributed by atoms with E-state index in [4.69, 9.17) is 4.98 Å². The first-order valence-electron chi connectivity index (χ1n) is 22.6. The lowest BCUT2D eigenvalue weighted by Gasteiger charge is -2.29. The highest BCUT2D eigenvalue weighted by atomic mass is 16.2. The van der Waals surface area contributed by atoms with E-state index in [2.05, 4.69) is 86.4 Å². The summed E-state index contributed by atoms with van der Waals surface area (Å²) in [5, 5.41) is 3.39. The molecule has 1 unspecified atom stereocenters. The van der Waals surface area contributed by atoms with E-state index in [0.717, 1.165) is 94.4 Å². The van der Waals surface area contributed by atoms with Crippen LogP contribution < -0.4 is 5.32 Å². The number of nitrogens with one attached hydrogen (secondary N) is 1. The molecule has 1 atom stereocenters. The highest BCUT2D eigenvalue weighted by molar-refractivity contribution is 6.05. The van der Waals surface area contributed by atoms with Gasteiger partial charge >= 0.3 is 0 Å². The van der Waals surface area contributed by atoms with Gasteiger partial charge in [0.25, 0.3) is 11.8 Å². The number of fused-ring (bicyclic) bond motifs is 3. The summed E-state index contributed by atoms with van der Waals surface area (Å²) in [7, 11) is 0. The lowest BCUT2D eigenvalue weighted by molar-refractivity contribution is -0.136. The Morgan fingerprint density at radius 2 is 1.50 bits per heavy atom. The molecule has 6 aromatic rings. The van der Waals surface area contributed by atoms with Gasteiger partial charge in [-0.3, -0.25) is 34.4 Å². The normalized spacial score (nSPS) is 17.5. The van der Waals surface area contributed by atoms with Crippen molar-refractivity contribution in [3.8, 4) is 35.1 Å². The minimum absolute atomic E-state index is 0.00986. The molecule has 4 amide bonds. The summed E-state index contributed by atoms with van der Waals surface area (Å²) >= 11 is 0. The molecule has 2 fully saturated rings. The Hall–Kier alpha value is -7.73. The molecule has 11 nitrogen and oxygen atoms in total. The number of carbonyl (C=O) groups is 4. The number of amides is 4. The summed E-state index contributed by atoms with van der Waals surface area (Å²) < 4.78 is 0. The third-order valence-electron chi connectivity index (χ3n) is 13.0. The van der Waals surface area contributed by atoms with Crippen LogP contribution in [0.2, 0.25) is 0 Å². The van der Waals surface area contributed by atoms with Gasteiger partial charge in [-0.1, -0.05) is 78.3 Å². The third-order valence-corrected chi connectivity index (χ3v) is 13.0. The van der Waals surface area contributed by atoms with Gasteiger partial charge in [0.1, 0.15) is 6.04 Å². The fourth-order valence-electron chi connectivity index (χ4n) is 9.15. The Morgan fingerprint density at radius 3 is 2.30 bits per heavy atom. The number of rotatable bonds is 7. The lowest BCUT2D eigenvalue weighted by Crippen LogP contribution is -2.52. The van der Waals surface area contributed by atoms with E-state index in [0.29, 0.717) is 55.3 Å². The topological polar surface area (TPSA) is 129 Å². The van der Waals surface area contributed by atoms with Crippen molar-refractivity contribution in [1.29, 1.82) is 0 Å². The number of nitrogens with zero attached hydrogens (tertiary/aromatic N) is 6. The number of aromatic nitrogens is 3. The molecule has 0 saturated carbocycles. The number of pyridine rings is 1. The van der Waals surface area contributed by atoms with E-state index in [1.54, 1.807) is 17.2 Å². The standard InChI is InChI=1S/C55H47N7O4/c63-51-23-22-50(53(64)59-51)62-35-46-31-41(18-21-47(46)55(62)66)6-3-5-38-24-28-60(29-25-38)27-4-7-37-10-12-39(13-11-37)14-15-40-16-19-42(20-17-40)54(65)61-30-26-44-33-57-52(58-49(44)36-61)45-32-43-8-1-2-9-48(43)56-34-45/h1-2,8-21,31-34,38,50H,5,22-30,35-36H2,(H,59,63,64)/b15-14+. The summed E-state index contributed by atoms with van der Waals surface area (Å²) in [6.45, 7) is 4.12. The van der Waals surface area contributed by atoms with Gasteiger partial charge in [0, 0.05) is 71.5 Å². The van der Waals surface area contributed by atoms with Gasteiger partial charge in [0.15, 0.2) is 5.82 Å². The molecule has 4 aliphatic heterocycles. The molecule has 10 rings (SSSR count). The Kier molecular flexibility index (Phi) is 12.0. The Morgan fingerprint density at radius 1 is 0.742 bits per heavy atom. The van der Waals surface area contributed by atoms with Crippen LogP contribution in [0.3, 0.4) is 0 Å². The maximum Gasteiger partial charge on any atom is 0.255 e. The minimum atomic E-state index is -0.617. The maximum atomic E-state index is 13.6. The number of likely N-dealkylation sites (tertiary alicyclic amines) is 1. The molecule has 0 radical (unpaired) electrons. The third kappa shape index (κ3) is 9.39. The summed E-state index contributed by atoms with van der Waals surface area (Å²) in [5.74, 6) is 13.6. The van der Waals surface area contributed by atoms with Crippen molar-refractivity contribution in [1.82, 2.24) is 35.0 Å². The Balaban J connectivity index is 0.661. The first-order chi connectivity index (χ1) is 32.3. The molecule has 0 spiro atoms. The van der Waals surface area contributed by atoms with Gasteiger partial charge in [-0.2, -0.15) is 0 Å². The quantitative estimate of drug-likeness (QED) is 0.100. The highest BCUT2D eigenvalue weighted by Crippen LogP contribution is 2.29. The molecule has 66 heavy (non-hydrogen) atoms. The number of hydrogen-bond acceptors (Lipinski definition) is 8. The molecule has 0 aliphatic carbocycles. The average Bonchev–Trinajstić information content (AvgIpc) is 3.68. The van der Waals surface area contributed by atoms with Crippen LogP contribution >= 0.6 is 0 Å². The van der Waals surface area contributed by atoms with Crippen LogP contribution in [0, 0.1) is 29.6 Å². The molecule has 4 aliphatic rings. The van der Waals surface area contributed by atoms with E-state index in [1.807, 2.05) is 71.8 Å². The van der Waals surface area contributed by atoms with E-state index in [9.17, 15) is 19.2 Å². The molecule has 4 aromatic carbocycles. The maximum absolute atomic E-state index is 13.6. The van der Waals surface area contributed by atoms with Crippen molar-refractivity contribution >= 4 is 46.7 Å². The monoisotopic (exact) mass is 869 g/mol. The molecule has 326 valence electrons. The predicted molar refractivity (Wildman–Crippen MR) is 253 cm³/mol. The second kappa shape index (κ2) is 18.8. The molecule has 1 N–H and O–H groups in total. The Labute approximate surface area is 384 Å². The summed E-state index contributed by atoms with van der Waals surface area (Å²) in [5.41, 5.74) is 9.78. The lowest BCUT2D eigenvalue weighted by atomic mass is 9.93. The zero-order valence-electron chi connectivity index (χ0n) is 36.5. The zero-order chi connectivity index (χ0) is 45.0. The molecule has 2 saturated heterocycles. The van der Waals surface area contributed by atoms with Crippen LogP contribution in [-0.2, 0) is 29.1 Å². The summed E-state index contributed by atoms with van der Waals surface area (Å²) in [6.07, 6.45) is 12.1. The van der Waals surface area contributed by atoms with Crippen molar-refractivity contribution < 1.29 is 19.2 Å². The number of piperidine rings is 2. The van der Waals surface area contributed by atoms with Crippen molar-refractivity contribution in [3.63, 3.8) is 0 Å². The molecular formula is C55H47N7O4. The second-order valence-corrected chi connectivity index (χ2v) is 17.4. The number of hydrogen-bond donors (Lipinski definition) is 1. The van der Waals surface area contributed by atoms with Crippen LogP contribution in [-0.4, -0.2) is 85.5 Å². The summed E-state index contributed by atoms with van der Waals surface area (Å²) in [6, 6.07) is 31.0. The van der Waals surface area contributed by atoms with Gasteiger partial charge in [-0.15, -0.1) is 0 Å². The summed E-state index contributed by atoms with van der Waals surface area (Å²) in [4.78, 5) is 70.4. The van der Waals surface area contributed by atoms with Crippen molar-refractivity contribution in [3.05, 3.63) is 160 Å². The molecule has 0 bridgehead atoms. The van der Waals surface area contributed by atoms with Crippen LogP contribution in [0.4, 0.5) is 0 Å². The van der Waals surface area contributed by atoms with Gasteiger partial charge in [-0.05, 0) is 122 Å². The fourth-order valence-corrected chi connectivity index (χ4v) is 9.15. The van der Waals surface area contributed by atoms with E-state index < -0.39 is 11.9 Å². The number of para-hydroxylation sites is 1. The van der Waals surface area contributed by atoms with Crippen molar-refractivity contribution in [2.45, 2.75) is 57.7 Å². The SMILES string of the molecule is O=C1CCC(N2Cc3cc(C#CCC4CCN(CC#Cc5ccc(/C=C/c6ccc(C(=O)N7CCc8cnc(-c9cnc%10ccccc%10c9)nc8C7)cc6)cc5)CC4)ccc3C2=O)C(=O)N1. The smallest absolute Gasteiger partial charge is 0.255 e. The zero-order valence-corrected chi connectivity index (χ0v) is 36.5. The second-order valence-electron chi connectivity index (χ2n) is 17.4. The first-order valence-corrected chi connectivity index (χ1v) is 22.6. The predicted octanol–water partition coefficient (Wildman–Crippen LogP) is 7.33. The molecule has 2 aromatic heterocycles. The van der Waals surface area contributed by atoms with Gasteiger partial charge in [0.2, 0.25) is 11.8 Å². The minimum Gasteiger partial charge on any atom is -0.332 e. The number of carbonyl (C=O) groups excluding carboxylic acids is 4. The largest absolute Gasteiger partial charge is 0.332 e.